The predicted octanol–water partition coefficient (Wildman–Crippen LogP) is 2.83. The van der Waals surface area contributed by atoms with Gasteiger partial charge in [0.1, 0.15) is 6.04 Å². The van der Waals surface area contributed by atoms with Gasteiger partial charge in [0.15, 0.2) is 0 Å². The number of rotatable bonds is 9. The van der Waals surface area contributed by atoms with Gasteiger partial charge < -0.3 is 15.4 Å². The average Bonchev–Trinajstić information content (AvgIpc) is 2.66. The van der Waals surface area contributed by atoms with Crippen molar-refractivity contribution in [2.24, 2.45) is 0 Å². The second-order valence-corrected chi connectivity index (χ2v) is 6.30. The number of nitrogens with one attached hydrogen (secondary N) is 2. The Bertz CT molecular complexity index is 705. The third-order valence-electron chi connectivity index (χ3n) is 3.84. The Morgan fingerprint density at radius 3 is 2.42 bits per heavy atom. The lowest BCUT2D eigenvalue weighted by atomic mass is 10.0. The van der Waals surface area contributed by atoms with Gasteiger partial charge in [0.2, 0.25) is 5.91 Å². The molecule has 0 spiro atoms. The highest BCUT2D eigenvalue weighted by Crippen LogP contribution is 2.10. The van der Waals surface area contributed by atoms with E-state index in [1.165, 1.54) is 0 Å². The molecule has 0 aliphatic rings. The first-order valence-corrected chi connectivity index (χ1v) is 8.85. The zero-order valence-corrected chi connectivity index (χ0v) is 15.5. The van der Waals surface area contributed by atoms with Gasteiger partial charge in [-0.05, 0) is 36.2 Å². The monoisotopic (exact) mass is 374 g/mol. The fourth-order valence-corrected chi connectivity index (χ4v) is 2.58. The molecule has 1 unspecified atom stereocenters. The second-order valence-electron chi connectivity index (χ2n) is 5.86. The molecule has 0 bridgehead atoms. The molecule has 2 rings (SSSR count). The van der Waals surface area contributed by atoms with E-state index in [2.05, 4.69) is 10.6 Å². The minimum atomic E-state index is -0.664. The molecular weight excluding hydrogens is 352 g/mol. The van der Waals surface area contributed by atoms with Gasteiger partial charge >= 0.3 is 0 Å². The number of amides is 2. The molecule has 0 radical (unpaired) electrons. The van der Waals surface area contributed by atoms with Crippen LogP contribution in [0.4, 0.5) is 0 Å². The molecule has 1 atom stereocenters. The van der Waals surface area contributed by atoms with Crippen LogP contribution in [0.15, 0.2) is 54.6 Å². The lowest BCUT2D eigenvalue weighted by Crippen LogP contribution is -2.48. The van der Waals surface area contributed by atoms with Crippen LogP contribution in [-0.4, -0.2) is 38.1 Å². The Labute approximate surface area is 158 Å². The summed E-state index contributed by atoms with van der Waals surface area (Å²) in [5.41, 5.74) is 1.43. The number of benzene rings is 2. The average molecular weight is 375 g/mol. The standard InChI is InChI=1S/C20H23ClN2O3/c1-26-13-5-12-22-20(25)18(14-15-6-3-2-4-7-15)23-19(24)16-8-10-17(21)11-9-16/h2-4,6-11,18H,5,12-14H2,1H3,(H,22,25)(H,23,24). The van der Waals surface area contributed by atoms with E-state index in [9.17, 15) is 9.59 Å². The normalized spacial score (nSPS) is 11.6. The van der Waals surface area contributed by atoms with Crippen LogP contribution >= 0.6 is 11.6 Å². The van der Waals surface area contributed by atoms with Crippen molar-refractivity contribution in [3.8, 4) is 0 Å². The van der Waals surface area contributed by atoms with Crippen LogP contribution in [0.1, 0.15) is 22.3 Å². The van der Waals surface area contributed by atoms with Gasteiger partial charge in [-0.1, -0.05) is 41.9 Å². The third kappa shape index (κ3) is 6.50. The van der Waals surface area contributed by atoms with Crippen molar-refractivity contribution in [3.05, 3.63) is 70.7 Å². The largest absolute Gasteiger partial charge is 0.385 e. The van der Waals surface area contributed by atoms with Gasteiger partial charge in [-0.25, -0.2) is 0 Å². The van der Waals surface area contributed by atoms with Crippen LogP contribution in [-0.2, 0) is 16.0 Å². The molecular formula is C20H23ClN2O3. The van der Waals surface area contributed by atoms with E-state index in [0.29, 0.717) is 36.6 Å². The zero-order chi connectivity index (χ0) is 18.8. The highest BCUT2D eigenvalue weighted by molar-refractivity contribution is 6.30. The minimum Gasteiger partial charge on any atom is -0.385 e. The van der Waals surface area contributed by atoms with Crippen LogP contribution in [0.5, 0.6) is 0 Å². The maximum absolute atomic E-state index is 12.5. The number of ether oxygens (including phenoxy) is 1. The van der Waals surface area contributed by atoms with Crippen LogP contribution in [0, 0.1) is 0 Å². The van der Waals surface area contributed by atoms with E-state index >= 15 is 0 Å². The predicted molar refractivity (Wildman–Crippen MR) is 102 cm³/mol. The molecule has 26 heavy (non-hydrogen) atoms. The Morgan fingerprint density at radius 1 is 1.08 bits per heavy atom. The fourth-order valence-electron chi connectivity index (χ4n) is 2.45. The first kappa shape index (κ1) is 19.9. The van der Waals surface area contributed by atoms with E-state index in [0.717, 1.165) is 5.56 Å². The van der Waals surface area contributed by atoms with E-state index < -0.39 is 6.04 Å². The van der Waals surface area contributed by atoms with Crippen molar-refractivity contribution in [1.29, 1.82) is 0 Å². The molecule has 0 saturated heterocycles. The summed E-state index contributed by atoms with van der Waals surface area (Å²) in [5.74, 6) is -0.526. The molecule has 2 amide bonds. The lowest BCUT2D eigenvalue weighted by Gasteiger charge is -2.19. The molecule has 138 valence electrons. The summed E-state index contributed by atoms with van der Waals surface area (Å²) in [4.78, 5) is 25.0. The van der Waals surface area contributed by atoms with E-state index in [-0.39, 0.29) is 11.8 Å². The number of methoxy groups -OCH3 is 1. The van der Waals surface area contributed by atoms with Crippen LogP contribution < -0.4 is 10.6 Å². The van der Waals surface area contributed by atoms with Gasteiger partial charge in [0.25, 0.3) is 5.91 Å². The molecule has 2 aromatic rings. The number of carbonyl (C=O) groups is 2. The van der Waals surface area contributed by atoms with Crippen molar-refractivity contribution < 1.29 is 14.3 Å². The van der Waals surface area contributed by atoms with Crippen LogP contribution in [0.3, 0.4) is 0 Å². The van der Waals surface area contributed by atoms with Crippen LogP contribution in [0.2, 0.25) is 5.02 Å². The van der Waals surface area contributed by atoms with Gasteiger partial charge in [-0.2, -0.15) is 0 Å². The second kappa shape index (κ2) is 10.6. The maximum atomic E-state index is 12.5. The summed E-state index contributed by atoms with van der Waals surface area (Å²) in [6, 6.07) is 15.5. The molecule has 0 aliphatic heterocycles. The summed E-state index contributed by atoms with van der Waals surface area (Å²) in [7, 11) is 1.62. The molecule has 0 aliphatic carbocycles. The summed E-state index contributed by atoms with van der Waals surface area (Å²) in [6.07, 6.45) is 1.13. The fraction of sp³-hybridized carbons (Fsp3) is 0.300. The molecule has 6 heteroatoms. The molecule has 0 aromatic heterocycles. The molecule has 0 fully saturated rings. The van der Waals surface area contributed by atoms with Crippen molar-refractivity contribution in [1.82, 2.24) is 10.6 Å². The molecule has 2 aromatic carbocycles. The van der Waals surface area contributed by atoms with Gasteiger partial charge in [0.05, 0.1) is 0 Å². The van der Waals surface area contributed by atoms with E-state index in [1.807, 2.05) is 30.3 Å². The van der Waals surface area contributed by atoms with Gasteiger partial charge in [0, 0.05) is 37.3 Å². The number of hydrogen-bond acceptors (Lipinski definition) is 3. The lowest BCUT2D eigenvalue weighted by molar-refractivity contribution is -0.123. The quantitative estimate of drug-likeness (QED) is 0.663. The number of halogens is 1. The molecule has 5 nitrogen and oxygen atoms in total. The Kier molecular flexibility index (Phi) is 8.12. The Morgan fingerprint density at radius 2 is 1.77 bits per heavy atom. The smallest absolute Gasteiger partial charge is 0.251 e. The van der Waals surface area contributed by atoms with Crippen LogP contribution in [0.25, 0.3) is 0 Å². The zero-order valence-electron chi connectivity index (χ0n) is 14.7. The SMILES string of the molecule is COCCCNC(=O)C(Cc1ccccc1)NC(=O)c1ccc(Cl)cc1. The van der Waals surface area contributed by atoms with Gasteiger partial charge in [-0.15, -0.1) is 0 Å². The number of carbonyl (C=O) groups excluding carboxylic acids is 2. The summed E-state index contributed by atoms with van der Waals surface area (Å²) >= 11 is 5.86. The first-order valence-electron chi connectivity index (χ1n) is 8.47. The highest BCUT2D eigenvalue weighted by Gasteiger charge is 2.21. The van der Waals surface area contributed by atoms with Crippen molar-refractivity contribution in [2.75, 3.05) is 20.3 Å². The minimum absolute atomic E-state index is 0.215. The molecule has 2 N–H and O–H groups in total. The van der Waals surface area contributed by atoms with E-state index in [1.54, 1.807) is 31.4 Å². The summed E-state index contributed by atoms with van der Waals surface area (Å²) < 4.78 is 4.98. The van der Waals surface area contributed by atoms with Crippen molar-refractivity contribution >= 4 is 23.4 Å². The number of hydrogen-bond donors (Lipinski definition) is 2. The summed E-state index contributed by atoms with van der Waals surface area (Å²) in [6.45, 7) is 1.07. The highest BCUT2D eigenvalue weighted by atomic mass is 35.5. The van der Waals surface area contributed by atoms with Gasteiger partial charge in [-0.3, -0.25) is 9.59 Å². The summed E-state index contributed by atoms with van der Waals surface area (Å²) in [5, 5.41) is 6.22. The Hall–Kier alpha value is -2.37. The Balaban J connectivity index is 2.05. The third-order valence-corrected chi connectivity index (χ3v) is 4.09. The first-order chi connectivity index (χ1) is 12.6. The van der Waals surface area contributed by atoms with Crippen molar-refractivity contribution in [3.63, 3.8) is 0 Å². The molecule has 0 heterocycles. The topological polar surface area (TPSA) is 67.4 Å². The molecule has 0 saturated carbocycles. The van der Waals surface area contributed by atoms with Crippen molar-refractivity contribution in [2.45, 2.75) is 18.9 Å². The maximum Gasteiger partial charge on any atom is 0.251 e. The van der Waals surface area contributed by atoms with E-state index in [4.69, 9.17) is 16.3 Å².